The summed E-state index contributed by atoms with van der Waals surface area (Å²) in [7, 11) is -3.75. The van der Waals surface area contributed by atoms with Crippen LogP contribution in [0.2, 0.25) is 5.02 Å². The SMILES string of the molecule is Cc1ccc(N(CC(=O)N(Cc2ccc(Cl)cc2)[C@H](C)C(=O)NC2CCCC2)S(C)(=O)=O)cc1C. The number of carbonyl (C=O) groups is 2. The van der Waals surface area contributed by atoms with Crippen LogP contribution in [0.4, 0.5) is 5.69 Å². The van der Waals surface area contributed by atoms with Gasteiger partial charge in [0, 0.05) is 17.6 Å². The number of nitrogens with zero attached hydrogens (tertiary/aromatic N) is 2. The average Bonchev–Trinajstić information content (AvgIpc) is 3.30. The lowest BCUT2D eigenvalue weighted by Crippen LogP contribution is -2.52. The number of sulfonamides is 1. The van der Waals surface area contributed by atoms with Crippen LogP contribution in [0.25, 0.3) is 0 Å². The van der Waals surface area contributed by atoms with Crippen molar-refractivity contribution in [1.29, 1.82) is 0 Å². The van der Waals surface area contributed by atoms with Gasteiger partial charge in [-0.15, -0.1) is 0 Å². The molecule has 1 atom stereocenters. The molecular weight excluding hydrogens is 486 g/mol. The summed E-state index contributed by atoms with van der Waals surface area (Å²) in [5.74, 6) is -0.700. The van der Waals surface area contributed by atoms with Crippen molar-refractivity contribution in [3.05, 3.63) is 64.2 Å². The minimum Gasteiger partial charge on any atom is -0.352 e. The van der Waals surface area contributed by atoms with Crippen molar-refractivity contribution >= 4 is 39.1 Å². The van der Waals surface area contributed by atoms with E-state index < -0.39 is 28.5 Å². The normalized spacial score (nSPS) is 15.0. The fourth-order valence-electron chi connectivity index (χ4n) is 4.26. The Labute approximate surface area is 213 Å². The fraction of sp³-hybridized carbons (Fsp3) is 0.462. The van der Waals surface area contributed by atoms with Gasteiger partial charge in [0.25, 0.3) is 0 Å². The lowest BCUT2D eigenvalue weighted by Gasteiger charge is -2.32. The summed E-state index contributed by atoms with van der Waals surface area (Å²) in [6, 6.07) is 11.6. The molecule has 3 rings (SSSR count). The van der Waals surface area contributed by atoms with Crippen LogP contribution in [0.3, 0.4) is 0 Å². The Kier molecular flexibility index (Phi) is 8.83. The number of nitrogens with one attached hydrogen (secondary N) is 1. The lowest BCUT2D eigenvalue weighted by atomic mass is 10.1. The lowest BCUT2D eigenvalue weighted by molar-refractivity contribution is -0.139. The summed E-state index contributed by atoms with van der Waals surface area (Å²) in [5, 5.41) is 3.62. The standard InChI is InChI=1S/C26H34ClN3O4S/c1-18-9-14-24(15-19(18)2)30(35(4,33)34)17-25(31)29(16-21-10-12-22(27)13-11-21)20(3)26(32)28-23-7-5-6-8-23/h9-15,20,23H,5-8,16-17H2,1-4H3,(H,28,32)/t20-/m1/s1. The number of benzene rings is 2. The van der Waals surface area contributed by atoms with Gasteiger partial charge in [0.05, 0.1) is 11.9 Å². The minimum absolute atomic E-state index is 0.112. The Morgan fingerprint density at radius 3 is 2.26 bits per heavy atom. The molecule has 1 saturated carbocycles. The molecule has 1 aliphatic carbocycles. The van der Waals surface area contributed by atoms with Crippen LogP contribution < -0.4 is 9.62 Å². The average molecular weight is 520 g/mol. The summed E-state index contributed by atoms with van der Waals surface area (Å²) in [6.45, 7) is 5.26. The van der Waals surface area contributed by atoms with Gasteiger partial charge in [0.15, 0.2) is 0 Å². The van der Waals surface area contributed by atoms with E-state index in [1.54, 1.807) is 43.3 Å². The van der Waals surface area contributed by atoms with Crippen LogP contribution in [0.5, 0.6) is 0 Å². The number of halogens is 1. The predicted octanol–water partition coefficient (Wildman–Crippen LogP) is 4.20. The molecular formula is C26H34ClN3O4S. The third kappa shape index (κ3) is 7.21. The van der Waals surface area contributed by atoms with Crippen LogP contribution in [-0.2, 0) is 26.2 Å². The molecule has 1 N–H and O–H groups in total. The van der Waals surface area contributed by atoms with Gasteiger partial charge in [-0.05, 0) is 74.6 Å². The van der Waals surface area contributed by atoms with E-state index in [4.69, 9.17) is 11.6 Å². The van der Waals surface area contributed by atoms with Gasteiger partial charge in [0.2, 0.25) is 21.8 Å². The molecule has 0 unspecified atom stereocenters. The first-order valence-corrected chi connectivity index (χ1v) is 14.1. The molecule has 2 aromatic rings. The Morgan fingerprint density at radius 2 is 1.69 bits per heavy atom. The van der Waals surface area contributed by atoms with Crippen LogP contribution in [0, 0.1) is 13.8 Å². The van der Waals surface area contributed by atoms with Crippen LogP contribution in [0.1, 0.15) is 49.3 Å². The van der Waals surface area contributed by atoms with Crippen molar-refractivity contribution in [2.24, 2.45) is 0 Å². The number of amides is 2. The zero-order valence-electron chi connectivity index (χ0n) is 20.8. The highest BCUT2D eigenvalue weighted by molar-refractivity contribution is 7.92. The summed E-state index contributed by atoms with van der Waals surface area (Å²) < 4.78 is 26.4. The molecule has 0 heterocycles. The van der Waals surface area contributed by atoms with Crippen molar-refractivity contribution in [2.75, 3.05) is 17.1 Å². The van der Waals surface area contributed by atoms with Crippen molar-refractivity contribution in [3.8, 4) is 0 Å². The van der Waals surface area contributed by atoms with Crippen LogP contribution in [-0.4, -0.2) is 50.0 Å². The van der Waals surface area contributed by atoms with Crippen LogP contribution >= 0.6 is 11.6 Å². The minimum atomic E-state index is -3.75. The second-order valence-corrected chi connectivity index (χ2v) is 11.7. The molecule has 35 heavy (non-hydrogen) atoms. The topological polar surface area (TPSA) is 86.8 Å². The number of anilines is 1. The maximum Gasteiger partial charge on any atom is 0.244 e. The maximum atomic E-state index is 13.6. The zero-order chi connectivity index (χ0) is 25.8. The monoisotopic (exact) mass is 519 g/mol. The van der Waals surface area contributed by atoms with E-state index >= 15 is 0 Å². The fourth-order valence-corrected chi connectivity index (χ4v) is 5.22. The highest BCUT2D eigenvalue weighted by atomic mass is 35.5. The number of hydrogen-bond acceptors (Lipinski definition) is 4. The van der Waals surface area contributed by atoms with Crippen LogP contribution in [0.15, 0.2) is 42.5 Å². The molecule has 0 spiro atoms. The maximum absolute atomic E-state index is 13.6. The first-order valence-electron chi connectivity index (χ1n) is 11.8. The predicted molar refractivity (Wildman–Crippen MR) is 140 cm³/mol. The van der Waals surface area contributed by atoms with Gasteiger partial charge >= 0.3 is 0 Å². The molecule has 0 aromatic heterocycles. The third-order valence-corrected chi connectivity index (χ3v) is 7.99. The van der Waals surface area contributed by atoms with Gasteiger partial charge in [-0.1, -0.05) is 42.6 Å². The number of rotatable bonds is 9. The molecule has 0 aliphatic heterocycles. The number of aryl methyl sites for hydroxylation is 2. The molecule has 2 amide bonds. The smallest absolute Gasteiger partial charge is 0.244 e. The van der Waals surface area contributed by atoms with Gasteiger partial charge in [-0.3, -0.25) is 13.9 Å². The molecule has 1 fully saturated rings. The summed E-state index contributed by atoms with van der Waals surface area (Å²) in [4.78, 5) is 28.1. The van der Waals surface area contributed by atoms with E-state index in [0.29, 0.717) is 10.7 Å². The molecule has 0 bridgehead atoms. The highest BCUT2D eigenvalue weighted by Gasteiger charge is 2.31. The molecule has 7 nitrogen and oxygen atoms in total. The first-order chi connectivity index (χ1) is 16.5. The summed E-state index contributed by atoms with van der Waals surface area (Å²) in [6.07, 6.45) is 5.09. The van der Waals surface area contributed by atoms with E-state index in [0.717, 1.165) is 52.9 Å². The van der Waals surface area contributed by atoms with E-state index in [1.807, 2.05) is 19.9 Å². The molecule has 0 saturated heterocycles. The Balaban J connectivity index is 1.88. The molecule has 0 radical (unpaired) electrons. The second kappa shape index (κ2) is 11.4. The molecule has 2 aromatic carbocycles. The molecule has 9 heteroatoms. The highest BCUT2D eigenvalue weighted by Crippen LogP contribution is 2.23. The molecule has 1 aliphatic rings. The summed E-state index contributed by atoms with van der Waals surface area (Å²) in [5.41, 5.74) is 3.15. The Morgan fingerprint density at radius 1 is 1.06 bits per heavy atom. The van der Waals surface area contributed by atoms with Gasteiger partial charge in [-0.2, -0.15) is 0 Å². The number of hydrogen-bond donors (Lipinski definition) is 1. The Bertz CT molecular complexity index is 1160. The molecule has 190 valence electrons. The van der Waals surface area contributed by atoms with E-state index in [-0.39, 0.29) is 18.5 Å². The van der Waals surface area contributed by atoms with Crippen molar-refractivity contribution < 1.29 is 18.0 Å². The van der Waals surface area contributed by atoms with E-state index in [2.05, 4.69) is 5.32 Å². The largest absolute Gasteiger partial charge is 0.352 e. The van der Waals surface area contributed by atoms with E-state index in [9.17, 15) is 18.0 Å². The first kappa shape index (κ1) is 27.0. The number of carbonyl (C=O) groups excluding carboxylic acids is 2. The van der Waals surface area contributed by atoms with Crippen molar-refractivity contribution in [1.82, 2.24) is 10.2 Å². The van der Waals surface area contributed by atoms with Gasteiger partial charge < -0.3 is 10.2 Å². The van der Waals surface area contributed by atoms with Crippen molar-refractivity contribution in [3.63, 3.8) is 0 Å². The quantitative estimate of drug-likeness (QED) is 0.538. The summed E-state index contributed by atoms with van der Waals surface area (Å²) >= 11 is 6.01. The van der Waals surface area contributed by atoms with Crippen molar-refractivity contribution in [2.45, 2.75) is 65.1 Å². The Hall–Kier alpha value is -2.58. The second-order valence-electron chi connectivity index (χ2n) is 9.35. The van der Waals surface area contributed by atoms with Gasteiger partial charge in [-0.25, -0.2) is 8.42 Å². The van der Waals surface area contributed by atoms with Gasteiger partial charge in [0.1, 0.15) is 12.6 Å². The third-order valence-electron chi connectivity index (χ3n) is 6.59. The zero-order valence-corrected chi connectivity index (χ0v) is 22.3. The van der Waals surface area contributed by atoms with E-state index in [1.165, 1.54) is 4.90 Å².